The van der Waals surface area contributed by atoms with E-state index in [1.54, 1.807) is 0 Å². The van der Waals surface area contributed by atoms with Crippen LogP contribution in [0.4, 0.5) is 19.0 Å². The summed E-state index contributed by atoms with van der Waals surface area (Å²) >= 11 is 0. The van der Waals surface area contributed by atoms with E-state index in [0.29, 0.717) is 0 Å². The number of anilines is 1. The molecule has 0 amide bonds. The Balaban J connectivity index is 3.33. The van der Waals surface area contributed by atoms with E-state index in [1.807, 2.05) is 0 Å². The fraction of sp³-hybridized carbons (Fsp3) is 0.333. The van der Waals surface area contributed by atoms with Crippen LogP contribution in [0.1, 0.15) is 16.1 Å². The number of ether oxygens (including phenoxy) is 2. The summed E-state index contributed by atoms with van der Waals surface area (Å²) in [5.41, 5.74) is 9.93. The number of alkyl halides is 3. The van der Waals surface area contributed by atoms with Crippen molar-refractivity contribution in [3.05, 3.63) is 17.3 Å². The van der Waals surface area contributed by atoms with Crippen LogP contribution in [0.2, 0.25) is 0 Å². The molecule has 0 fully saturated rings. The summed E-state index contributed by atoms with van der Waals surface area (Å²) in [4.78, 5) is 14.9. The first kappa shape index (κ1) is 14.0. The second-order valence-electron chi connectivity index (χ2n) is 3.12. The lowest BCUT2D eigenvalue weighted by Crippen LogP contribution is -2.21. The average molecular weight is 265 g/mol. The second kappa shape index (κ2) is 5.08. The normalized spacial score (nSPS) is 11.2. The van der Waals surface area contributed by atoms with Crippen LogP contribution < -0.4 is 16.2 Å². The van der Waals surface area contributed by atoms with Gasteiger partial charge in [0.2, 0.25) is 0 Å². The highest BCUT2D eigenvalue weighted by Crippen LogP contribution is 2.29. The van der Waals surface area contributed by atoms with Crippen LogP contribution in [-0.4, -0.2) is 24.4 Å². The number of nitrogens with zero attached hydrogens (tertiary/aromatic N) is 1. The number of carbonyl (C=O) groups is 1. The number of hydrogen-bond acceptors (Lipinski definition) is 6. The third-order valence-corrected chi connectivity index (χ3v) is 1.91. The molecule has 0 aliphatic heterocycles. The number of esters is 1. The summed E-state index contributed by atoms with van der Waals surface area (Å²) in [5, 5.41) is 0. The van der Waals surface area contributed by atoms with Crippen LogP contribution in [-0.2, 0) is 11.3 Å². The topological polar surface area (TPSA) is 100 Å². The number of nitrogens with two attached hydrogens (primary N) is 2. The van der Waals surface area contributed by atoms with Gasteiger partial charge in [0, 0.05) is 18.2 Å². The minimum absolute atomic E-state index is 0.228. The molecule has 0 aliphatic rings. The molecule has 0 bridgehead atoms. The van der Waals surface area contributed by atoms with Crippen molar-refractivity contribution >= 4 is 11.8 Å². The highest BCUT2D eigenvalue weighted by molar-refractivity contribution is 5.90. The first-order valence-corrected chi connectivity index (χ1v) is 4.62. The van der Waals surface area contributed by atoms with Gasteiger partial charge in [-0.05, 0) is 0 Å². The van der Waals surface area contributed by atoms with E-state index in [-0.39, 0.29) is 17.9 Å². The Kier molecular flexibility index (Phi) is 3.96. The molecule has 6 nitrogen and oxygen atoms in total. The van der Waals surface area contributed by atoms with Crippen molar-refractivity contribution in [3.63, 3.8) is 0 Å². The van der Waals surface area contributed by atoms with Crippen molar-refractivity contribution in [2.24, 2.45) is 5.73 Å². The van der Waals surface area contributed by atoms with Crippen LogP contribution >= 0.6 is 0 Å². The number of methoxy groups -OCH3 is 1. The van der Waals surface area contributed by atoms with E-state index < -0.39 is 23.8 Å². The fourth-order valence-electron chi connectivity index (χ4n) is 1.25. The maximum Gasteiger partial charge on any atom is 0.573 e. The zero-order valence-corrected chi connectivity index (χ0v) is 9.25. The van der Waals surface area contributed by atoms with E-state index in [9.17, 15) is 18.0 Å². The molecule has 9 heteroatoms. The summed E-state index contributed by atoms with van der Waals surface area (Å²) in [6, 6.07) is 0.835. The van der Waals surface area contributed by atoms with Gasteiger partial charge in [0.25, 0.3) is 0 Å². The molecule has 0 atom stereocenters. The molecule has 0 saturated carbocycles. The van der Waals surface area contributed by atoms with Crippen molar-refractivity contribution in [1.82, 2.24) is 4.98 Å². The SMILES string of the molecule is COC(=O)c1nc(N)cc(OC(F)(F)F)c1CN. The summed E-state index contributed by atoms with van der Waals surface area (Å²) in [6.45, 7) is -0.386. The maximum atomic E-state index is 12.2. The Hall–Kier alpha value is -2.03. The lowest BCUT2D eigenvalue weighted by molar-refractivity contribution is -0.274. The first-order valence-electron chi connectivity index (χ1n) is 4.62. The lowest BCUT2D eigenvalue weighted by atomic mass is 10.1. The monoisotopic (exact) mass is 265 g/mol. The Morgan fingerprint density at radius 2 is 2.11 bits per heavy atom. The lowest BCUT2D eigenvalue weighted by Gasteiger charge is -2.14. The van der Waals surface area contributed by atoms with Crippen molar-refractivity contribution in [2.45, 2.75) is 12.9 Å². The molecule has 4 N–H and O–H groups in total. The van der Waals surface area contributed by atoms with Gasteiger partial charge in [-0.2, -0.15) is 0 Å². The van der Waals surface area contributed by atoms with E-state index in [4.69, 9.17) is 11.5 Å². The van der Waals surface area contributed by atoms with E-state index in [2.05, 4.69) is 14.5 Å². The highest BCUT2D eigenvalue weighted by Gasteiger charge is 2.33. The molecule has 0 aromatic carbocycles. The van der Waals surface area contributed by atoms with Crippen molar-refractivity contribution in [1.29, 1.82) is 0 Å². The van der Waals surface area contributed by atoms with Crippen molar-refractivity contribution in [2.75, 3.05) is 12.8 Å². The molecule has 0 aliphatic carbocycles. The van der Waals surface area contributed by atoms with Gasteiger partial charge in [-0.25, -0.2) is 9.78 Å². The number of pyridine rings is 1. The highest BCUT2D eigenvalue weighted by atomic mass is 19.4. The second-order valence-corrected chi connectivity index (χ2v) is 3.12. The molecule has 0 spiro atoms. The quantitative estimate of drug-likeness (QED) is 0.784. The van der Waals surface area contributed by atoms with E-state index >= 15 is 0 Å². The van der Waals surface area contributed by atoms with Crippen LogP contribution in [0.5, 0.6) is 5.75 Å². The molecule has 1 aromatic rings. The molecule has 1 rings (SSSR count). The van der Waals surface area contributed by atoms with Gasteiger partial charge in [-0.3, -0.25) is 0 Å². The Bertz CT molecular complexity index is 462. The zero-order valence-electron chi connectivity index (χ0n) is 9.25. The summed E-state index contributed by atoms with van der Waals surface area (Å²) in [7, 11) is 1.05. The smallest absolute Gasteiger partial charge is 0.464 e. The molecule has 18 heavy (non-hydrogen) atoms. The molecular formula is C9H10F3N3O3. The number of halogens is 3. The Labute approximate surface area is 99.7 Å². The van der Waals surface area contributed by atoms with Gasteiger partial charge in [0.15, 0.2) is 5.69 Å². The predicted molar refractivity (Wildman–Crippen MR) is 54.6 cm³/mol. The van der Waals surface area contributed by atoms with Gasteiger partial charge in [-0.1, -0.05) is 0 Å². The molecule has 0 radical (unpaired) electrons. The standard InChI is InChI=1S/C9H10F3N3O3/c1-17-8(16)7-4(3-13)5(2-6(14)15-7)18-9(10,11)12/h2H,3,13H2,1H3,(H2,14,15). The van der Waals surface area contributed by atoms with Crippen molar-refractivity contribution < 1.29 is 27.4 Å². The maximum absolute atomic E-state index is 12.2. The van der Waals surface area contributed by atoms with E-state index in [1.165, 1.54) is 0 Å². The Morgan fingerprint density at radius 1 is 1.50 bits per heavy atom. The minimum atomic E-state index is -4.93. The molecule has 0 saturated heterocycles. The number of hydrogen-bond donors (Lipinski definition) is 2. The summed E-state index contributed by atoms with van der Waals surface area (Å²) in [6.07, 6.45) is -4.93. The largest absolute Gasteiger partial charge is 0.573 e. The van der Waals surface area contributed by atoms with Crippen LogP contribution in [0.3, 0.4) is 0 Å². The van der Waals surface area contributed by atoms with Gasteiger partial charge in [0.05, 0.1) is 7.11 Å². The van der Waals surface area contributed by atoms with Gasteiger partial charge < -0.3 is 20.9 Å². The van der Waals surface area contributed by atoms with Crippen LogP contribution in [0.25, 0.3) is 0 Å². The van der Waals surface area contributed by atoms with Gasteiger partial charge in [-0.15, -0.1) is 13.2 Å². The Morgan fingerprint density at radius 3 is 2.56 bits per heavy atom. The van der Waals surface area contributed by atoms with Crippen molar-refractivity contribution in [3.8, 4) is 5.75 Å². The third-order valence-electron chi connectivity index (χ3n) is 1.91. The zero-order chi connectivity index (χ0) is 13.9. The summed E-state index contributed by atoms with van der Waals surface area (Å²) in [5.74, 6) is -1.93. The fourth-order valence-corrected chi connectivity index (χ4v) is 1.25. The molecule has 100 valence electrons. The van der Waals surface area contributed by atoms with E-state index in [0.717, 1.165) is 13.2 Å². The predicted octanol–water partition coefficient (Wildman–Crippen LogP) is 0.808. The number of nitrogen functional groups attached to an aromatic ring is 1. The molecule has 0 unspecified atom stereocenters. The summed E-state index contributed by atoms with van der Waals surface area (Å²) < 4.78 is 44.6. The van der Waals surface area contributed by atoms with Gasteiger partial charge >= 0.3 is 12.3 Å². The number of carbonyl (C=O) groups excluding carboxylic acids is 1. The van der Waals surface area contributed by atoms with Crippen LogP contribution in [0.15, 0.2) is 6.07 Å². The molecule has 1 aromatic heterocycles. The first-order chi connectivity index (χ1) is 8.28. The number of aromatic nitrogens is 1. The third kappa shape index (κ3) is 3.23. The minimum Gasteiger partial charge on any atom is -0.464 e. The van der Waals surface area contributed by atoms with Crippen LogP contribution in [0, 0.1) is 0 Å². The average Bonchev–Trinajstić information content (AvgIpc) is 2.25. The number of rotatable bonds is 3. The molecular weight excluding hydrogens is 255 g/mol. The van der Waals surface area contributed by atoms with Gasteiger partial charge in [0.1, 0.15) is 11.6 Å². The molecule has 1 heterocycles.